The molecular weight excluding hydrogens is 296 g/mol. The van der Waals surface area contributed by atoms with Crippen LogP contribution in [0.1, 0.15) is 18.4 Å². The summed E-state index contributed by atoms with van der Waals surface area (Å²) in [7, 11) is 4.66. The molecule has 0 saturated carbocycles. The van der Waals surface area contributed by atoms with E-state index in [9.17, 15) is 4.79 Å². The molecule has 0 atom stereocenters. The lowest BCUT2D eigenvalue weighted by Crippen LogP contribution is -2.23. The zero-order valence-corrected chi connectivity index (χ0v) is 13.4. The third kappa shape index (κ3) is 5.32. The van der Waals surface area contributed by atoms with Crippen LogP contribution in [0.25, 0.3) is 0 Å². The highest BCUT2D eigenvalue weighted by molar-refractivity contribution is 5.85. The monoisotopic (exact) mass is 318 g/mol. The molecule has 21 heavy (non-hydrogen) atoms. The van der Waals surface area contributed by atoms with E-state index in [0.717, 1.165) is 5.56 Å². The number of carbonyl (C=O) groups excluding carboxylic acids is 1. The maximum Gasteiger partial charge on any atom is 0.220 e. The Kier molecular flexibility index (Phi) is 9.32. The van der Waals surface area contributed by atoms with Gasteiger partial charge >= 0.3 is 0 Å². The van der Waals surface area contributed by atoms with Gasteiger partial charge in [0.15, 0.2) is 11.5 Å². The minimum atomic E-state index is -0.0349. The molecule has 0 bridgehead atoms. The topological polar surface area (TPSA) is 82.8 Å². The minimum absolute atomic E-state index is 0. The van der Waals surface area contributed by atoms with Gasteiger partial charge in [-0.05, 0) is 25.1 Å². The average Bonchev–Trinajstić information content (AvgIpc) is 2.49. The number of hydrogen-bond acceptors (Lipinski definition) is 5. The van der Waals surface area contributed by atoms with Crippen LogP contribution < -0.4 is 25.3 Å². The fraction of sp³-hybridized carbons (Fsp3) is 0.500. The van der Waals surface area contributed by atoms with Crippen molar-refractivity contribution in [2.24, 2.45) is 5.73 Å². The van der Waals surface area contributed by atoms with Gasteiger partial charge in [0.2, 0.25) is 11.7 Å². The van der Waals surface area contributed by atoms with Crippen LogP contribution in [0.2, 0.25) is 0 Å². The lowest BCUT2D eigenvalue weighted by molar-refractivity contribution is -0.121. The van der Waals surface area contributed by atoms with Crippen LogP contribution in [-0.4, -0.2) is 33.8 Å². The largest absolute Gasteiger partial charge is 0.493 e. The van der Waals surface area contributed by atoms with E-state index in [2.05, 4.69) is 5.32 Å². The van der Waals surface area contributed by atoms with E-state index in [0.29, 0.717) is 43.2 Å². The van der Waals surface area contributed by atoms with Crippen LogP contribution >= 0.6 is 12.4 Å². The number of methoxy groups -OCH3 is 3. The van der Waals surface area contributed by atoms with Gasteiger partial charge in [0.1, 0.15) is 0 Å². The van der Waals surface area contributed by atoms with Crippen LogP contribution in [-0.2, 0) is 11.3 Å². The quantitative estimate of drug-likeness (QED) is 0.759. The number of ether oxygens (including phenoxy) is 3. The van der Waals surface area contributed by atoms with Crippen molar-refractivity contribution < 1.29 is 19.0 Å². The highest BCUT2D eigenvalue weighted by atomic mass is 35.5. The van der Waals surface area contributed by atoms with Crippen molar-refractivity contribution in [3.8, 4) is 17.2 Å². The maximum atomic E-state index is 11.6. The third-order valence-corrected chi connectivity index (χ3v) is 2.87. The zero-order valence-electron chi connectivity index (χ0n) is 12.6. The van der Waals surface area contributed by atoms with Gasteiger partial charge in [-0.1, -0.05) is 0 Å². The molecule has 7 heteroatoms. The first-order valence-corrected chi connectivity index (χ1v) is 6.42. The second kappa shape index (κ2) is 10.1. The normalized spacial score (nSPS) is 9.52. The van der Waals surface area contributed by atoms with Crippen LogP contribution in [0.4, 0.5) is 0 Å². The molecule has 0 spiro atoms. The first-order chi connectivity index (χ1) is 9.67. The van der Waals surface area contributed by atoms with Crippen molar-refractivity contribution in [1.29, 1.82) is 0 Å². The van der Waals surface area contributed by atoms with E-state index in [-0.39, 0.29) is 18.3 Å². The molecule has 0 aliphatic heterocycles. The second-order valence-corrected chi connectivity index (χ2v) is 4.16. The smallest absolute Gasteiger partial charge is 0.220 e. The Morgan fingerprint density at radius 2 is 1.81 bits per heavy atom. The van der Waals surface area contributed by atoms with E-state index in [1.165, 1.54) is 0 Å². The predicted octanol–water partition coefficient (Wildman–Crippen LogP) is 1.49. The van der Waals surface area contributed by atoms with Gasteiger partial charge in [-0.3, -0.25) is 4.79 Å². The molecule has 1 aromatic rings. The Morgan fingerprint density at radius 3 is 2.33 bits per heavy atom. The summed E-state index contributed by atoms with van der Waals surface area (Å²) in [6.45, 7) is 0.875. The molecule has 0 aromatic heterocycles. The van der Waals surface area contributed by atoms with Gasteiger partial charge in [-0.2, -0.15) is 0 Å². The molecule has 0 heterocycles. The van der Waals surface area contributed by atoms with Crippen molar-refractivity contribution in [2.45, 2.75) is 19.4 Å². The van der Waals surface area contributed by atoms with Crippen molar-refractivity contribution in [3.63, 3.8) is 0 Å². The first-order valence-electron chi connectivity index (χ1n) is 6.42. The van der Waals surface area contributed by atoms with Crippen molar-refractivity contribution >= 4 is 18.3 Å². The van der Waals surface area contributed by atoms with Gasteiger partial charge in [-0.25, -0.2) is 0 Å². The average molecular weight is 319 g/mol. The number of hydrogen-bond donors (Lipinski definition) is 2. The van der Waals surface area contributed by atoms with E-state index >= 15 is 0 Å². The molecule has 1 amide bonds. The maximum absolute atomic E-state index is 11.6. The number of nitrogens with two attached hydrogens (primary N) is 1. The summed E-state index contributed by atoms with van der Waals surface area (Å²) in [4.78, 5) is 11.6. The number of halogens is 1. The van der Waals surface area contributed by atoms with Gasteiger partial charge in [0.05, 0.1) is 21.3 Å². The van der Waals surface area contributed by atoms with Gasteiger partial charge in [-0.15, -0.1) is 12.4 Å². The fourth-order valence-electron chi connectivity index (χ4n) is 1.85. The molecule has 3 N–H and O–H groups in total. The van der Waals surface area contributed by atoms with Gasteiger partial charge in [0.25, 0.3) is 0 Å². The van der Waals surface area contributed by atoms with Gasteiger partial charge in [0, 0.05) is 18.5 Å². The lowest BCUT2D eigenvalue weighted by atomic mass is 10.1. The summed E-state index contributed by atoms with van der Waals surface area (Å²) < 4.78 is 15.8. The van der Waals surface area contributed by atoms with E-state index < -0.39 is 0 Å². The predicted molar refractivity (Wildman–Crippen MR) is 83.5 cm³/mol. The number of benzene rings is 1. The minimum Gasteiger partial charge on any atom is -0.493 e. The van der Waals surface area contributed by atoms with E-state index in [1.807, 2.05) is 6.07 Å². The van der Waals surface area contributed by atoms with Crippen molar-refractivity contribution in [3.05, 3.63) is 17.7 Å². The summed E-state index contributed by atoms with van der Waals surface area (Å²) in [5.74, 6) is 1.63. The van der Waals surface area contributed by atoms with Crippen molar-refractivity contribution in [2.75, 3.05) is 27.9 Å². The van der Waals surface area contributed by atoms with E-state index in [1.54, 1.807) is 27.4 Å². The summed E-state index contributed by atoms with van der Waals surface area (Å²) in [6.07, 6.45) is 1.10. The molecule has 1 aromatic carbocycles. The number of rotatable bonds is 8. The molecule has 0 aliphatic rings. The Bertz CT molecular complexity index is 455. The number of amides is 1. The van der Waals surface area contributed by atoms with Crippen molar-refractivity contribution in [1.82, 2.24) is 5.32 Å². The zero-order chi connectivity index (χ0) is 15.0. The molecule has 0 unspecified atom stereocenters. The molecule has 0 radical (unpaired) electrons. The Labute approximate surface area is 131 Å². The van der Waals surface area contributed by atoms with Gasteiger partial charge < -0.3 is 25.3 Å². The second-order valence-electron chi connectivity index (χ2n) is 4.16. The summed E-state index contributed by atoms with van der Waals surface area (Å²) in [5, 5.41) is 2.83. The van der Waals surface area contributed by atoms with Crippen LogP contribution in [0.15, 0.2) is 12.1 Å². The molecule has 120 valence electrons. The van der Waals surface area contributed by atoms with Crippen LogP contribution in [0.5, 0.6) is 17.2 Å². The molecule has 0 aliphatic carbocycles. The summed E-state index contributed by atoms with van der Waals surface area (Å²) in [6, 6.07) is 3.62. The summed E-state index contributed by atoms with van der Waals surface area (Å²) >= 11 is 0. The van der Waals surface area contributed by atoms with Crippen LogP contribution in [0, 0.1) is 0 Å². The SMILES string of the molecule is COc1ccc(CNC(=O)CCCN)c(OC)c1OC.Cl. The molecule has 0 fully saturated rings. The Balaban J connectivity index is 0.00000400. The molecule has 0 saturated heterocycles. The standard InChI is InChI=1S/C14H22N2O4.ClH/c1-18-11-7-6-10(13(19-2)14(11)20-3)9-16-12(17)5-4-8-15;/h6-7H,4-5,8-9,15H2,1-3H3,(H,16,17);1H. The number of nitrogens with one attached hydrogen (secondary N) is 1. The van der Waals surface area contributed by atoms with E-state index in [4.69, 9.17) is 19.9 Å². The van der Waals surface area contributed by atoms with Crippen LogP contribution in [0.3, 0.4) is 0 Å². The Morgan fingerprint density at radius 1 is 1.14 bits per heavy atom. The molecule has 1 rings (SSSR count). The molecular formula is C14H23ClN2O4. The Hall–Kier alpha value is -1.66. The third-order valence-electron chi connectivity index (χ3n) is 2.87. The summed E-state index contributed by atoms with van der Waals surface area (Å²) in [5.41, 5.74) is 6.19. The molecule has 6 nitrogen and oxygen atoms in total. The number of carbonyl (C=O) groups is 1. The lowest BCUT2D eigenvalue weighted by Gasteiger charge is -2.16. The first kappa shape index (κ1) is 19.3. The highest BCUT2D eigenvalue weighted by Crippen LogP contribution is 2.39. The fourth-order valence-corrected chi connectivity index (χ4v) is 1.85. The highest BCUT2D eigenvalue weighted by Gasteiger charge is 2.15.